The summed E-state index contributed by atoms with van der Waals surface area (Å²) in [5.74, 6) is 0.301. The minimum atomic E-state index is 0.124. The van der Waals surface area contributed by atoms with Crippen molar-refractivity contribution in [2.75, 3.05) is 19.6 Å². The zero-order valence-corrected chi connectivity index (χ0v) is 14.4. The first-order valence-electron chi connectivity index (χ1n) is 8.42. The fourth-order valence-corrected chi connectivity index (χ4v) is 3.42. The normalized spacial score (nSPS) is 16.9. The zero-order chi connectivity index (χ0) is 15.9. The molecular formula is C18H27ClN2O. The van der Waals surface area contributed by atoms with E-state index in [1.54, 1.807) is 0 Å². The Balaban J connectivity index is 2.07. The lowest BCUT2D eigenvalue weighted by molar-refractivity contribution is -0.125. The lowest BCUT2D eigenvalue weighted by atomic mass is 10.0. The van der Waals surface area contributed by atoms with E-state index < -0.39 is 0 Å². The van der Waals surface area contributed by atoms with E-state index in [1.165, 1.54) is 18.4 Å². The Morgan fingerprint density at radius 2 is 1.95 bits per heavy atom. The minimum absolute atomic E-state index is 0.124. The summed E-state index contributed by atoms with van der Waals surface area (Å²) in [5.41, 5.74) is 1.19. The molecule has 1 aromatic carbocycles. The van der Waals surface area contributed by atoms with Gasteiger partial charge in [-0.05, 0) is 56.5 Å². The van der Waals surface area contributed by atoms with E-state index in [9.17, 15) is 4.79 Å². The fraction of sp³-hybridized carbons (Fsp3) is 0.611. The van der Waals surface area contributed by atoms with Gasteiger partial charge in [-0.25, -0.2) is 0 Å². The second-order valence-electron chi connectivity index (χ2n) is 6.07. The van der Waals surface area contributed by atoms with Crippen molar-refractivity contribution in [3.8, 4) is 0 Å². The van der Waals surface area contributed by atoms with Gasteiger partial charge in [0.1, 0.15) is 0 Å². The molecule has 0 saturated carbocycles. The number of likely N-dealkylation sites (tertiary alicyclic amines) is 1. The molecule has 1 aliphatic rings. The first-order valence-corrected chi connectivity index (χ1v) is 8.80. The summed E-state index contributed by atoms with van der Waals surface area (Å²) in [5, 5.41) is 3.91. The lowest BCUT2D eigenvalue weighted by Gasteiger charge is -2.29. The van der Waals surface area contributed by atoms with Gasteiger partial charge in [-0.1, -0.05) is 37.6 Å². The third-order valence-electron chi connectivity index (χ3n) is 4.64. The van der Waals surface area contributed by atoms with Crippen molar-refractivity contribution in [1.82, 2.24) is 10.2 Å². The predicted octanol–water partition coefficient (Wildman–Crippen LogP) is 4.03. The molecule has 1 fully saturated rings. The maximum atomic E-state index is 12.3. The lowest BCUT2D eigenvalue weighted by Crippen LogP contribution is -2.39. The molecule has 1 aromatic rings. The summed E-state index contributed by atoms with van der Waals surface area (Å²) in [7, 11) is 0. The number of nitrogens with one attached hydrogen (secondary N) is 1. The van der Waals surface area contributed by atoms with Crippen LogP contribution in [0.4, 0.5) is 0 Å². The smallest absolute Gasteiger partial charge is 0.223 e. The number of benzene rings is 1. The number of carbonyl (C=O) groups excluding carboxylic acids is 1. The van der Waals surface area contributed by atoms with Gasteiger partial charge in [0.2, 0.25) is 5.91 Å². The summed E-state index contributed by atoms with van der Waals surface area (Å²) >= 11 is 6.15. The molecule has 1 atom stereocenters. The minimum Gasteiger partial charge on any atom is -0.354 e. The molecule has 0 aromatic heterocycles. The number of nitrogens with zero attached hydrogens (tertiary/aromatic N) is 1. The Bertz CT molecular complexity index is 482. The molecule has 0 radical (unpaired) electrons. The van der Waals surface area contributed by atoms with Crippen molar-refractivity contribution >= 4 is 17.5 Å². The average molecular weight is 323 g/mol. The average Bonchev–Trinajstić information content (AvgIpc) is 3.03. The molecular weight excluding hydrogens is 296 g/mol. The van der Waals surface area contributed by atoms with Crippen LogP contribution in [-0.4, -0.2) is 30.4 Å². The van der Waals surface area contributed by atoms with Crippen LogP contribution in [0.3, 0.4) is 0 Å². The Hall–Kier alpha value is -1.06. The summed E-state index contributed by atoms with van der Waals surface area (Å²) in [6, 6.07) is 8.24. The number of hydrogen-bond donors (Lipinski definition) is 1. The summed E-state index contributed by atoms with van der Waals surface area (Å²) < 4.78 is 0. The Morgan fingerprint density at radius 3 is 2.55 bits per heavy atom. The van der Waals surface area contributed by atoms with Gasteiger partial charge in [0, 0.05) is 17.5 Å². The quantitative estimate of drug-likeness (QED) is 0.822. The van der Waals surface area contributed by atoms with E-state index in [2.05, 4.69) is 30.1 Å². The molecule has 3 nitrogen and oxygen atoms in total. The third-order valence-corrected chi connectivity index (χ3v) is 4.88. The van der Waals surface area contributed by atoms with Crippen LogP contribution in [0.25, 0.3) is 0 Å². The van der Waals surface area contributed by atoms with Crippen LogP contribution in [-0.2, 0) is 4.79 Å². The van der Waals surface area contributed by atoms with Crippen molar-refractivity contribution in [3.63, 3.8) is 0 Å². The number of amides is 1. The summed E-state index contributed by atoms with van der Waals surface area (Å²) in [6.45, 7) is 7.00. The van der Waals surface area contributed by atoms with Crippen LogP contribution in [0.2, 0.25) is 5.02 Å². The topological polar surface area (TPSA) is 32.3 Å². The summed E-state index contributed by atoms with van der Waals surface area (Å²) in [6.07, 6.45) is 4.26. The van der Waals surface area contributed by atoms with Crippen LogP contribution in [0.15, 0.2) is 24.3 Å². The maximum Gasteiger partial charge on any atom is 0.223 e. The first kappa shape index (κ1) is 17.3. The van der Waals surface area contributed by atoms with Gasteiger partial charge in [0.15, 0.2) is 0 Å². The first-order chi connectivity index (χ1) is 10.7. The van der Waals surface area contributed by atoms with Gasteiger partial charge in [-0.3, -0.25) is 9.69 Å². The molecule has 0 bridgehead atoms. The highest BCUT2D eigenvalue weighted by Gasteiger charge is 2.25. The third kappa shape index (κ3) is 4.47. The van der Waals surface area contributed by atoms with E-state index in [1.807, 2.05) is 18.2 Å². The second kappa shape index (κ2) is 8.54. The molecule has 1 N–H and O–H groups in total. The molecule has 0 spiro atoms. The Morgan fingerprint density at radius 1 is 1.27 bits per heavy atom. The van der Waals surface area contributed by atoms with Crippen molar-refractivity contribution in [3.05, 3.63) is 34.9 Å². The Labute approximate surface area is 139 Å². The van der Waals surface area contributed by atoms with E-state index in [0.717, 1.165) is 31.0 Å². The fourth-order valence-electron chi connectivity index (χ4n) is 3.23. The van der Waals surface area contributed by atoms with Crippen molar-refractivity contribution in [1.29, 1.82) is 0 Å². The highest BCUT2D eigenvalue weighted by molar-refractivity contribution is 6.30. The standard InChI is InChI=1S/C18H27ClN2O/c1-3-14(4-2)18(22)20-13-17(21-10-5-6-11-21)15-8-7-9-16(19)12-15/h7-9,12,14,17H,3-6,10-11,13H2,1-2H3,(H,20,22). The molecule has 0 aliphatic carbocycles. The number of carbonyl (C=O) groups is 1. The maximum absolute atomic E-state index is 12.3. The molecule has 1 unspecified atom stereocenters. The van der Waals surface area contributed by atoms with Crippen LogP contribution in [0.5, 0.6) is 0 Å². The molecule has 22 heavy (non-hydrogen) atoms. The summed E-state index contributed by atoms with van der Waals surface area (Å²) in [4.78, 5) is 14.7. The number of hydrogen-bond acceptors (Lipinski definition) is 2. The van der Waals surface area contributed by atoms with E-state index >= 15 is 0 Å². The highest BCUT2D eigenvalue weighted by Crippen LogP contribution is 2.26. The van der Waals surface area contributed by atoms with Gasteiger partial charge in [-0.15, -0.1) is 0 Å². The molecule has 2 rings (SSSR count). The molecule has 1 saturated heterocycles. The van der Waals surface area contributed by atoms with Crippen molar-refractivity contribution < 1.29 is 4.79 Å². The van der Waals surface area contributed by atoms with Crippen LogP contribution < -0.4 is 5.32 Å². The monoisotopic (exact) mass is 322 g/mol. The van der Waals surface area contributed by atoms with Gasteiger partial charge >= 0.3 is 0 Å². The predicted molar refractivity (Wildman–Crippen MR) is 92.1 cm³/mol. The molecule has 1 aliphatic heterocycles. The number of rotatable bonds is 7. The van der Waals surface area contributed by atoms with Gasteiger partial charge < -0.3 is 5.32 Å². The Kier molecular flexibility index (Phi) is 6.71. The molecule has 4 heteroatoms. The zero-order valence-electron chi connectivity index (χ0n) is 13.6. The molecule has 1 amide bonds. The molecule has 1 heterocycles. The number of halogens is 1. The van der Waals surface area contributed by atoms with E-state index in [4.69, 9.17) is 11.6 Å². The highest BCUT2D eigenvalue weighted by atomic mass is 35.5. The van der Waals surface area contributed by atoms with Crippen LogP contribution in [0.1, 0.15) is 51.1 Å². The van der Waals surface area contributed by atoms with Gasteiger partial charge in [0.25, 0.3) is 0 Å². The SMILES string of the molecule is CCC(CC)C(=O)NCC(c1cccc(Cl)c1)N1CCCC1. The van der Waals surface area contributed by atoms with Crippen LogP contribution in [0, 0.1) is 5.92 Å². The van der Waals surface area contributed by atoms with Gasteiger partial charge in [-0.2, -0.15) is 0 Å². The van der Waals surface area contributed by atoms with Crippen molar-refractivity contribution in [2.24, 2.45) is 5.92 Å². The van der Waals surface area contributed by atoms with Crippen molar-refractivity contribution in [2.45, 2.75) is 45.6 Å². The second-order valence-corrected chi connectivity index (χ2v) is 6.51. The van der Waals surface area contributed by atoms with E-state index in [-0.39, 0.29) is 17.9 Å². The van der Waals surface area contributed by atoms with Gasteiger partial charge in [0.05, 0.1) is 6.04 Å². The van der Waals surface area contributed by atoms with E-state index in [0.29, 0.717) is 6.54 Å². The largest absolute Gasteiger partial charge is 0.354 e. The molecule has 122 valence electrons. The van der Waals surface area contributed by atoms with Crippen LogP contribution >= 0.6 is 11.6 Å².